The van der Waals surface area contributed by atoms with Crippen LogP contribution in [-0.2, 0) is 19.6 Å². The summed E-state index contributed by atoms with van der Waals surface area (Å²) in [5.41, 5.74) is 2.70. The number of hydrogen-bond acceptors (Lipinski definition) is 7. The van der Waals surface area contributed by atoms with E-state index < -0.39 is 33.3 Å². The maximum Gasteiger partial charge on any atom is 0.352 e. The van der Waals surface area contributed by atoms with Crippen molar-refractivity contribution in [2.45, 2.75) is 23.2 Å². The highest BCUT2D eigenvalue weighted by molar-refractivity contribution is 8.00. The molecule has 1 fully saturated rings. The Bertz CT molecular complexity index is 865. The summed E-state index contributed by atoms with van der Waals surface area (Å²) in [6.07, 6.45) is 0. The number of carboxylic acid groups (broad SMARTS) is 1. The van der Waals surface area contributed by atoms with Gasteiger partial charge in [0.25, 0.3) is 0 Å². The molecule has 0 aromatic heterocycles. The number of anilines is 1. The van der Waals surface area contributed by atoms with Crippen LogP contribution in [0, 0.1) is 0 Å². The molecule has 0 radical (unpaired) electrons. The van der Waals surface area contributed by atoms with Crippen LogP contribution in [-0.4, -0.2) is 52.7 Å². The minimum atomic E-state index is -3.96. The van der Waals surface area contributed by atoms with Crippen LogP contribution in [0.2, 0.25) is 0 Å². The van der Waals surface area contributed by atoms with Crippen molar-refractivity contribution in [2.24, 2.45) is 0 Å². The number of nitrogens with one attached hydrogen (secondary N) is 2. The van der Waals surface area contributed by atoms with Gasteiger partial charge in [0.1, 0.15) is 17.1 Å². The molecule has 0 spiro atoms. The first-order valence-electron chi connectivity index (χ1n) is 7.16. The van der Waals surface area contributed by atoms with Gasteiger partial charge in [-0.3, -0.25) is 20.4 Å². The Balaban J connectivity index is 1.81. The summed E-state index contributed by atoms with van der Waals surface area (Å²) in [6.45, 7) is 1.63. The second kappa shape index (κ2) is 6.33. The van der Waals surface area contributed by atoms with E-state index in [4.69, 9.17) is 5.21 Å². The minimum Gasteiger partial charge on any atom is -0.477 e. The van der Waals surface area contributed by atoms with Crippen molar-refractivity contribution in [1.29, 1.82) is 0 Å². The number of β-lactam (4-membered cyclic amide) rings is 1. The molecule has 25 heavy (non-hydrogen) atoms. The van der Waals surface area contributed by atoms with Gasteiger partial charge in [0.2, 0.25) is 15.9 Å². The van der Waals surface area contributed by atoms with Crippen LogP contribution in [0.1, 0.15) is 6.92 Å². The molecule has 11 heteroatoms. The van der Waals surface area contributed by atoms with Crippen LogP contribution >= 0.6 is 11.8 Å². The van der Waals surface area contributed by atoms with Crippen LogP contribution in [0.5, 0.6) is 0 Å². The quantitative estimate of drug-likeness (QED) is 0.423. The first kappa shape index (κ1) is 17.7. The molecule has 9 nitrogen and oxygen atoms in total. The number of carboxylic acids is 1. The van der Waals surface area contributed by atoms with Gasteiger partial charge < -0.3 is 5.11 Å². The minimum absolute atomic E-state index is 0.0660. The molecular weight excluding hydrogens is 370 g/mol. The molecule has 2 aliphatic rings. The zero-order valence-corrected chi connectivity index (χ0v) is 14.6. The molecular formula is C14H15N3O6S2. The smallest absolute Gasteiger partial charge is 0.352 e. The average molecular weight is 385 g/mol. The van der Waals surface area contributed by atoms with Crippen LogP contribution in [0.3, 0.4) is 0 Å². The number of benzene rings is 1. The van der Waals surface area contributed by atoms with E-state index in [1.807, 2.05) is 5.48 Å². The van der Waals surface area contributed by atoms with E-state index in [-0.39, 0.29) is 10.6 Å². The predicted octanol–water partition coefficient (Wildman–Crippen LogP) is 0.408. The number of nitrogens with zero attached hydrogens (tertiary/aromatic N) is 1. The maximum absolute atomic E-state index is 12.4. The molecule has 2 aliphatic heterocycles. The fourth-order valence-corrected chi connectivity index (χ4v) is 5.27. The second-order valence-electron chi connectivity index (χ2n) is 5.58. The molecule has 1 aromatic rings. The summed E-state index contributed by atoms with van der Waals surface area (Å²) in [7, 11) is -3.96. The lowest BCUT2D eigenvalue weighted by molar-refractivity contribution is -0.148. The van der Waals surface area contributed by atoms with Crippen molar-refractivity contribution in [3.63, 3.8) is 0 Å². The Labute approximate surface area is 147 Å². The van der Waals surface area contributed by atoms with Gasteiger partial charge in [-0.1, -0.05) is 0 Å². The molecule has 0 unspecified atom stereocenters. The molecule has 4 N–H and O–H groups in total. The Morgan fingerprint density at radius 1 is 1.32 bits per heavy atom. The summed E-state index contributed by atoms with van der Waals surface area (Å²) in [5, 5.41) is 17.4. The number of carbonyl (C=O) groups excluding carboxylic acids is 1. The zero-order chi connectivity index (χ0) is 18.4. The standard InChI is InChI=1S/C14H15N3O6S2/c1-7-6-24-13-10(12(18)17(13)11(7)14(19)20)16-25(22,23)9-4-2-8(15-21)3-5-9/h2-5,10,13,15-16,21H,6H2,1H3,(H,19,20)/t10-,13+/m0/s1. The Morgan fingerprint density at radius 2 is 1.96 bits per heavy atom. The van der Waals surface area contributed by atoms with E-state index in [1.54, 1.807) is 6.92 Å². The van der Waals surface area contributed by atoms with E-state index in [0.717, 1.165) is 4.90 Å². The summed E-state index contributed by atoms with van der Waals surface area (Å²) in [6, 6.07) is 4.28. The third-order valence-electron chi connectivity index (χ3n) is 3.94. The first-order chi connectivity index (χ1) is 11.8. The van der Waals surface area contributed by atoms with Gasteiger partial charge in [-0.05, 0) is 36.8 Å². The number of rotatable bonds is 5. The molecule has 1 aromatic carbocycles. The average Bonchev–Trinajstić information content (AvgIpc) is 2.59. The summed E-state index contributed by atoms with van der Waals surface area (Å²) >= 11 is 1.31. The molecule has 0 bridgehead atoms. The molecule has 1 amide bonds. The highest BCUT2D eigenvalue weighted by Crippen LogP contribution is 2.40. The zero-order valence-electron chi connectivity index (χ0n) is 13.0. The van der Waals surface area contributed by atoms with Crippen molar-refractivity contribution >= 4 is 39.3 Å². The van der Waals surface area contributed by atoms with Gasteiger partial charge in [0.05, 0.1) is 10.6 Å². The van der Waals surface area contributed by atoms with Crippen LogP contribution in [0.4, 0.5) is 5.69 Å². The lowest BCUT2D eigenvalue weighted by Gasteiger charge is -2.49. The summed E-state index contributed by atoms with van der Waals surface area (Å²) in [4.78, 5) is 24.7. The van der Waals surface area contributed by atoms with Crippen LogP contribution < -0.4 is 10.2 Å². The topological polar surface area (TPSA) is 136 Å². The highest BCUT2D eigenvalue weighted by atomic mass is 32.2. The van der Waals surface area contributed by atoms with Crippen molar-refractivity contribution < 1.29 is 28.3 Å². The Hall–Kier alpha value is -2.08. The number of thioether (sulfide) groups is 1. The Morgan fingerprint density at radius 3 is 2.52 bits per heavy atom. The van der Waals surface area contributed by atoms with Crippen molar-refractivity contribution in [3.05, 3.63) is 35.5 Å². The van der Waals surface area contributed by atoms with Gasteiger partial charge >= 0.3 is 5.97 Å². The lowest BCUT2D eigenvalue weighted by Crippen LogP contribution is -2.70. The van der Waals surface area contributed by atoms with Gasteiger partial charge in [0.15, 0.2) is 0 Å². The molecule has 3 rings (SSSR count). The Kier molecular flexibility index (Phi) is 4.49. The van der Waals surface area contributed by atoms with Crippen molar-refractivity contribution in [3.8, 4) is 0 Å². The monoisotopic (exact) mass is 385 g/mol. The van der Waals surface area contributed by atoms with E-state index >= 15 is 0 Å². The summed E-state index contributed by atoms with van der Waals surface area (Å²) in [5.74, 6) is -1.39. The number of sulfonamides is 1. The highest BCUT2D eigenvalue weighted by Gasteiger charge is 2.54. The number of carbonyl (C=O) groups is 2. The van der Waals surface area contributed by atoms with Crippen LogP contribution in [0.25, 0.3) is 0 Å². The van der Waals surface area contributed by atoms with E-state index in [2.05, 4.69) is 4.72 Å². The number of aliphatic carboxylic acids is 1. The van der Waals surface area contributed by atoms with E-state index in [1.165, 1.54) is 36.0 Å². The van der Waals surface area contributed by atoms with Crippen molar-refractivity contribution in [2.75, 3.05) is 11.2 Å². The molecule has 0 aliphatic carbocycles. The predicted molar refractivity (Wildman–Crippen MR) is 89.4 cm³/mol. The first-order valence-corrected chi connectivity index (χ1v) is 9.69. The number of hydrogen-bond donors (Lipinski definition) is 4. The molecule has 2 heterocycles. The molecule has 2 atom stereocenters. The van der Waals surface area contributed by atoms with E-state index in [0.29, 0.717) is 17.0 Å². The molecule has 1 saturated heterocycles. The van der Waals surface area contributed by atoms with E-state index in [9.17, 15) is 23.1 Å². The number of fused-ring (bicyclic) bond motifs is 1. The normalized spacial score (nSPS) is 23.1. The van der Waals surface area contributed by atoms with Crippen molar-refractivity contribution in [1.82, 2.24) is 9.62 Å². The molecule has 0 saturated carbocycles. The van der Waals surface area contributed by atoms with Crippen LogP contribution in [0.15, 0.2) is 40.4 Å². The fraction of sp³-hybridized carbons (Fsp3) is 0.286. The SMILES string of the molecule is CC1=C(C(=O)O)N2C(=O)[C@H](NS(=O)(=O)c3ccc(NO)cc3)[C@H]2SC1. The van der Waals surface area contributed by atoms with Gasteiger partial charge in [0, 0.05) is 5.75 Å². The van der Waals surface area contributed by atoms with Gasteiger partial charge in [-0.25, -0.2) is 13.2 Å². The summed E-state index contributed by atoms with van der Waals surface area (Å²) < 4.78 is 27.2. The van der Waals surface area contributed by atoms with Gasteiger partial charge in [-0.15, -0.1) is 11.8 Å². The third kappa shape index (κ3) is 2.99. The third-order valence-corrected chi connectivity index (χ3v) is 6.82. The second-order valence-corrected chi connectivity index (χ2v) is 8.40. The largest absolute Gasteiger partial charge is 0.477 e. The molecule has 134 valence electrons. The fourth-order valence-electron chi connectivity index (χ4n) is 2.69. The number of amides is 1. The van der Waals surface area contributed by atoms with Gasteiger partial charge in [-0.2, -0.15) is 4.72 Å². The lowest BCUT2D eigenvalue weighted by atomic mass is 10.0. The maximum atomic E-state index is 12.4.